The van der Waals surface area contributed by atoms with Gasteiger partial charge < -0.3 is 9.26 Å². The second-order valence-electron chi connectivity index (χ2n) is 6.77. The molecule has 1 aliphatic heterocycles. The van der Waals surface area contributed by atoms with Gasteiger partial charge in [-0.25, -0.2) is 12.8 Å². The minimum absolute atomic E-state index is 0.0401. The number of sulfonamides is 1. The van der Waals surface area contributed by atoms with Crippen LogP contribution in [0.4, 0.5) is 4.39 Å². The molecule has 1 unspecified atom stereocenters. The fraction of sp³-hybridized carbons (Fsp3) is 0.300. The Morgan fingerprint density at radius 1 is 1.17 bits per heavy atom. The van der Waals surface area contributed by atoms with Gasteiger partial charge in [0.05, 0.1) is 12.0 Å². The zero-order chi connectivity index (χ0) is 20.4. The van der Waals surface area contributed by atoms with Gasteiger partial charge in [0, 0.05) is 12.1 Å². The molecule has 29 heavy (non-hydrogen) atoms. The monoisotopic (exact) mass is 417 g/mol. The maximum absolute atomic E-state index is 13.2. The van der Waals surface area contributed by atoms with Crippen molar-refractivity contribution < 1.29 is 22.1 Å². The lowest BCUT2D eigenvalue weighted by Crippen LogP contribution is -2.38. The number of hydrogen-bond donors (Lipinski definition) is 0. The van der Waals surface area contributed by atoms with Crippen molar-refractivity contribution in [2.45, 2.75) is 30.2 Å². The van der Waals surface area contributed by atoms with Gasteiger partial charge in [-0.2, -0.15) is 9.29 Å². The number of nitrogens with zero attached hydrogens (tertiary/aromatic N) is 3. The third kappa shape index (κ3) is 3.88. The molecule has 152 valence electrons. The largest absolute Gasteiger partial charge is 0.497 e. The minimum Gasteiger partial charge on any atom is -0.497 e. The molecule has 1 aliphatic rings. The summed E-state index contributed by atoms with van der Waals surface area (Å²) in [6, 6.07) is 11.5. The molecule has 0 aliphatic carbocycles. The predicted octanol–water partition coefficient (Wildman–Crippen LogP) is 3.80. The van der Waals surface area contributed by atoms with Crippen molar-refractivity contribution >= 4 is 10.0 Å². The Morgan fingerprint density at radius 2 is 1.97 bits per heavy atom. The molecule has 0 N–H and O–H groups in total. The van der Waals surface area contributed by atoms with E-state index in [9.17, 15) is 12.8 Å². The molecule has 3 aromatic rings. The quantitative estimate of drug-likeness (QED) is 0.628. The van der Waals surface area contributed by atoms with Crippen molar-refractivity contribution in [2.75, 3.05) is 13.7 Å². The fourth-order valence-electron chi connectivity index (χ4n) is 3.43. The molecule has 1 fully saturated rings. The maximum atomic E-state index is 13.2. The molecule has 2 heterocycles. The van der Waals surface area contributed by atoms with Crippen LogP contribution in [0, 0.1) is 5.82 Å². The number of piperidine rings is 1. The van der Waals surface area contributed by atoms with Crippen molar-refractivity contribution in [3.63, 3.8) is 0 Å². The molecular formula is C20H20FN3O4S. The first-order chi connectivity index (χ1) is 14.0. The van der Waals surface area contributed by atoms with Crippen LogP contribution < -0.4 is 4.74 Å². The number of aromatic nitrogens is 2. The van der Waals surface area contributed by atoms with Crippen molar-refractivity contribution in [3.05, 3.63) is 60.2 Å². The average Bonchev–Trinajstić information content (AvgIpc) is 3.24. The van der Waals surface area contributed by atoms with E-state index in [1.54, 1.807) is 13.2 Å². The molecule has 4 rings (SSSR count). The average molecular weight is 417 g/mol. The first-order valence-electron chi connectivity index (χ1n) is 9.24. The van der Waals surface area contributed by atoms with Crippen LogP contribution >= 0.6 is 0 Å². The van der Waals surface area contributed by atoms with Crippen molar-refractivity contribution in [3.8, 4) is 17.1 Å². The Kier molecular flexibility index (Phi) is 5.33. The van der Waals surface area contributed by atoms with E-state index in [0.717, 1.165) is 25.0 Å². The van der Waals surface area contributed by atoms with E-state index in [1.165, 1.54) is 16.4 Å². The number of benzene rings is 2. The van der Waals surface area contributed by atoms with Gasteiger partial charge in [0.15, 0.2) is 0 Å². The number of rotatable bonds is 5. The van der Waals surface area contributed by atoms with Crippen LogP contribution in [-0.2, 0) is 10.0 Å². The molecule has 0 radical (unpaired) electrons. The van der Waals surface area contributed by atoms with E-state index >= 15 is 0 Å². The van der Waals surface area contributed by atoms with Crippen LogP contribution in [0.1, 0.15) is 31.2 Å². The topological polar surface area (TPSA) is 85.5 Å². The van der Waals surface area contributed by atoms with Gasteiger partial charge in [-0.05, 0) is 49.2 Å². The van der Waals surface area contributed by atoms with E-state index in [-0.39, 0.29) is 10.8 Å². The minimum atomic E-state index is -3.82. The summed E-state index contributed by atoms with van der Waals surface area (Å²) in [4.78, 5) is 4.49. The summed E-state index contributed by atoms with van der Waals surface area (Å²) in [6.07, 6.45) is 2.14. The number of halogens is 1. The fourth-order valence-corrected chi connectivity index (χ4v) is 5.08. The zero-order valence-electron chi connectivity index (χ0n) is 15.8. The summed E-state index contributed by atoms with van der Waals surface area (Å²) in [7, 11) is -2.25. The van der Waals surface area contributed by atoms with Crippen LogP contribution in [-0.4, -0.2) is 36.5 Å². The summed E-state index contributed by atoms with van der Waals surface area (Å²) in [5.41, 5.74) is 0.711. The van der Waals surface area contributed by atoms with Crippen molar-refractivity contribution in [1.82, 2.24) is 14.4 Å². The Balaban J connectivity index is 1.66. The van der Waals surface area contributed by atoms with E-state index in [1.807, 2.05) is 18.2 Å². The summed E-state index contributed by atoms with van der Waals surface area (Å²) < 4.78 is 51.5. The molecule has 0 saturated carbocycles. The summed E-state index contributed by atoms with van der Waals surface area (Å²) in [5, 5.41) is 4.03. The van der Waals surface area contributed by atoms with Gasteiger partial charge in [-0.1, -0.05) is 23.7 Å². The summed E-state index contributed by atoms with van der Waals surface area (Å²) in [5.74, 6) is 0.780. The molecule has 1 aromatic heterocycles. The zero-order valence-corrected chi connectivity index (χ0v) is 16.6. The molecule has 7 nitrogen and oxygen atoms in total. The van der Waals surface area contributed by atoms with E-state index in [4.69, 9.17) is 9.26 Å². The SMILES string of the molecule is COc1cccc(-c2noc(C3CCCCN3S(=O)(=O)c3ccc(F)cc3)n2)c1. The van der Waals surface area contributed by atoms with Gasteiger partial charge in [-0.15, -0.1) is 0 Å². The van der Waals surface area contributed by atoms with Gasteiger partial charge in [0.25, 0.3) is 0 Å². The lowest BCUT2D eigenvalue weighted by molar-refractivity contribution is 0.204. The van der Waals surface area contributed by atoms with Crippen LogP contribution in [0.2, 0.25) is 0 Å². The highest BCUT2D eigenvalue weighted by atomic mass is 32.2. The summed E-state index contributed by atoms with van der Waals surface area (Å²) >= 11 is 0. The smallest absolute Gasteiger partial charge is 0.245 e. The van der Waals surface area contributed by atoms with E-state index in [0.29, 0.717) is 30.1 Å². The molecule has 9 heteroatoms. The molecule has 0 spiro atoms. The third-order valence-corrected chi connectivity index (χ3v) is 6.85. The lowest BCUT2D eigenvalue weighted by atomic mass is 10.1. The van der Waals surface area contributed by atoms with Crippen LogP contribution in [0.3, 0.4) is 0 Å². The molecule has 1 saturated heterocycles. The van der Waals surface area contributed by atoms with E-state index < -0.39 is 21.9 Å². The molecule has 0 bridgehead atoms. The van der Waals surface area contributed by atoms with Crippen LogP contribution in [0.25, 0.3) is 11.4 Å². The molecular weight excluding hydrogens is 397 g/mol. The lowest BCUT2D eigenvalue weighted by Gasteiger charge is -2.32. The van der Waals surface area contributed by atoms with Gasteiger partial charge in [0.1, 0.15) is 17.6 Å². The molecule has 1 atom stereocenters. The maximum Gasteiger partial charge on any atom is 0.245 e. The molecule has 2 aromatic carbocycles. The highest BCUT2D eigenvalue weighted by Crippen LogP contribution is 2.35. The van der Waals surface area contributed by atoms with Crippen molar-refractivity contribution in [2.24, 2.45) is 0 Å². The second kappa shape index (κ2) is 7.92. The molecule has 0 amide bonds. The third-order valence-electron chi connectivity index (χ3n) is 4.93. The van der Waals surface area contributed by atoms with Crippen LogP contribution in [0.5, 0.6) is 5.75 Å². The Hall–Kier alpha value is -2.78. The normalized spacial score (nSPS) is 17.9. The Labute approximate surface area is 168 Å². The Morgan fingerprint density at radius 3 is 2.72 bits per heavy atom. The number of methoxy groups -OCH3 is 1. The van der Waals surface area contributed by atoms with Gasteiger partial charge >= 0.3 is 0 Å². The standard InChI is InChI=1S/C20H20FN3O4S/c1-27-16-6-4-5-14(13-16)19-22-20(28-23-19)18-7-2-3-12-24(18)29(25,26)17-10-8-15(21)9-11-17/h4-6,8-11,13,18H,2-3,7,12H2,1H3. The van der Waals surface area contributed by atoms with Crippen molar-refractivity contribution in [1.29, 1.82) is 0 Å². The summed E-state index contributed by atoms with van der Waals surface area (Å²) in [6.45, 7) is 0.335. The number of ether oxygens (including phenoxy) is 1. The first-order valence-corrected chi connectivity index (χ1v) is 10.7. The Bertz CT molecular complexity index is 1100. The first kappa shape index (κ1) is 19.5. The van der Waals surface area contributed by atoms with Gasteiger partial charge in [-0.3, -0.25) is 0 Å². The predicted molar refractivity (Wildman–Crippen MR) is 103 cm³/mol. The number of hydrogen-bond acceptors (Lipinski definition) is 6. The van der Waals surface area contributed by atoms with Crippen LogP contribution in [0.15, 0.2) is 57.9 Å². The second-order valence-corrected chi connectivity index (χ2v) is 8.66. The highest BCUT2D eigenvalue weighted by Gasteiger charge is 2.37. The van der Waals surface area contributed by atoms with Gasteiger partial charge in [0.2, 0.25) is 21.7 Å². The van der Waals surface area contributed by atoms with E-state index in [2.05, 4.69) is 10.1 Å². The highest BCUT2D eigenvalue weighted by molar-refractivity contribution is 7.89.